The zero-order valence-corrected chi connectivity index (χ0v) is 11.1. The molecule has 0 aliphatic heterocycles. The van der Waals surface area contributed by atoms with Crippen LogP contribution in [-0.4, -0.2) is 30.1 Å². The molecule has 7 heteroatoms. The van der Waals surface area contributed by atoms with Crippen molar-refractivity contribution in [1.82, 2.24) is 4.90 Å². The maximum absolute atomic E-state index is 12.4. The first-order valence-corrected chi connectivity index (χ1v) is 6.04. The maximum Gasteiger partial charge on any atom is 0.406 e. The number of nitrogen functional groups attached to an aromatic ring is 1. The summed E-state index contributed by atoms with van der Waals surface area (Å²) < 4.78 is 37.3. The van der Waals surface area contributed by atoms with Crippen molar-refractivity contribution in [2.45, 2.75) is 19.5 Å². The van der Waals surface area contributed by atoms with Gasteiger partial charge in [-0.2, -0.15) is 13.2 Å². The standard InChI is InChI=1S/C12H14ClF3N2O/c1-2-6-18(7-12(14,15)16)11(19)10-8(13)4-3-5-9(10)17/h3-5H,2,6-7,17H2,1H3. The van der Waals surface area contributed by atoms with E-state index in [1.54, 1.807) is 6.92 Å². The molecule has 0 spiro atoms. The molecule has 106 valence electrons. The summed E-state index contributed by atoms with van der Waals surface area (Å²) in [6.07, 6.45) is -4.05. The Morgan fingerprint density at radius 2 is 2.05 bits per heavy atom. The summed E-state index contributed by atoms with van der Waals surface area (Å²) in [5.74, 6) is -0.803. The van der Waals surface area contributed by atoms with E-state index in [0.717, 1.165) is 0 Å². The molecule has 0 heterocycles. The predicted molar refractivity (Wildman–Crippen MR) is 68.1 cm³/mol. The first-order chi connectivity index (χ1) is 8.76. The highest BCUT2D eigenvalue weighted by molar-refractivity contribution is 6.34. The lowest BCUT2D eigenvalue weighted by atomic mass is 10.1. The van der Waals surface area contributed by atoms with Crippen LogP contribution in [0.1, 0.15) is 23.7 Å². The molecule has 0 atom stereocenters. The van der Waals surface area contributed by atoms with Crippen molar-refractivity contribution < 1.29 is 18.0 Å². The van der Waals surface area contributed by atoms with E-state index >= 15 is 0 Å². The molecule has 0 aliphatic carbocycles. The van der Waals surface area contributed by atoms with Gasteiger partial charge in [-0.25, -0.2) is 0 Å². The second-order valence-electron chi connectivity index (χ2n) is 4.05. The highest BCUT2D eigenvalue weighted by atomic mass is 35.5. The van der Waals surface area contributed by atoms with E-state index in [9.17, 15) is 18.0 Å². The van der Waals surface area contributed by atoms with Gasteiger partial charge in [-0.05, 0) is 18.6 Å². The number of nitrogens with two attached hydrogens (primary N) is 1. The van der Waals surface area contributed by atoms with Gasteiger partial charge in [-0.1, -0.05) is 24.6 Å². The molecule has 0 radical (unpaired) electrons. The number of hydrogen-bond acceptors (Lipinski definition) is 2. The number of alkyl halides is 3. The van der Waals surface area contributed by atoms with Crippen LogP contribution < -0.4 is 5.73 Å². The van der Waals surface area contributed by atoms with E-state index in [4.69, 9.17) is 17.3 Å². The lowest BCUT2D eigenvalue weighted by molar-refractivity contribution is -0.140. The van der Waals surface area contributed by atoms with Crippen molar-refractivity contribution in [3.63, 3.8) is 0 Å². The van der Waals surface area contributed by atoms with Crippen LogP contribution in [0.3, 0.4) is 0 Å². The first-order valence-electron chi connectivity index (χ1n) is 5.66. The van der Waals surface area contributed by atoms with Crippen LogP contribution in [0.4, 0.5) is 18.9 Å². The molecule has 3 nitrogen and oxygen atoms in total. The van der Waals surface area contributed by atoms with Crippen molar-refractivity contribution in [2.24, 2.45) is 0 Å². The zero-order valence-electron chi connectivity index (χ0n) is 10.3. The molecule has 19 heavy (non-hydrogen) atoms. The quantitative estimate of drug-likeness (QED) is 0.866. The summed E-state index contributed by atoms with van der Waals surface area (Å²) in [4.78, 5) is 12.8. The third-order valence-corrected chi connectivity index (χ3v) is 2.73. The summed E-state index contributed by atoms with van der Waals surface area (Å²) in [6, 6.07) is 4.38. The lowest BCUT2D eigenvalue weighted by Gasteiger charge is -2.24. The first kappa shape index (κ1) is 15.6. The molecule has 0 unspecified atom stereocenters. The van der Waals surface area contributed by atoms with Crippen LogP contribution in [0.5, 0.6) is 0 Å². The van der Waals surface area contributed by atoms with Crippen LogP contribution in [0.15, 0.2) is 18.2 Å². The summed E-state index contributed by atoms with van der Waals surface area (Å²) in [6.45, 7) is 0.361. The predicted octanol–water partition coefficient (Wildman–Crippen LogP) is 3.34. The van der Waals surface area contributed by atoms with E-state index in [1.165, 1.54) is 18.2 Å². The molecule has 1 rings (SSSR count). The van der Waals surface area contributed by atoms with Gasteiger partial charge in [-0.3, -0.25) is 4.79 Å². The van der Waals surface area contributed by atoms with E-state index < -0.39 is 18.6 Å². The fourth-order valence-corrected chi connectivity index (χ4v) is 1.93. The van der Waals surface area contributed by atoms with Gasteiger partial charge < -0.3 is 10.6 Å². The number of nitrogens with zero attached hydrogens (tertiary/aromatic N) is 1. The third kappa shape index (κ3) is 4.31. The third-order valence-electron chi connectivity index (χ3n) is 2.41. The Labute approximate surface area is 114 Å². The van der Waals surface area contributed by atoms with Crippen LogP contribution >= 0.6 is 11.6 Å². The number of carbonyl (C=O) groups excluding carboxylic acids is 1. The van der Waals surface area contributed by atoms with Crippen LogP contribution in [0, 0.1) is 0 Å². The number of amides is 1. The zero-order chi connectivity index (χ0) is 14.6. The minimum atomic E-state index is -4.46. The lowest BCUT2D eigenvalue weighted by Crippen LogP contribution is -2.39. The molecule has 0 aliphatic rings. The van der Waals surface area contributed by atoms with Crippen molar-refractivity contribution in [2.75, 3.05) is 18.8 Å². The fourth-order valence-electron chi connectivity index (χ4n) is 1.66. The highest BCUT2D eigenvalue weighted by Gasteiger charge is 2.33. The van der Waals surface area contributed by atoms with E-state index in [2.05, 4.69) is 0 Å². The Hall–Kier alpha value is -1.43. The van der Waals surface area contributed by atoms with E-state index in [1.807, 2.05) is 0 Å². The minimum Gasteiger partial charge on any atom is -0.398 e. The molecule has 0 saturated carbocycles. The van der Waals surface area contributed by atoms with Gasteiger partial charge in [0.25, 0.3) is 5.91 Å². The molecule has 1 aromatic carbocycles. The number of halogens is 4. The van der Waals surface area contributed by atoms with Crippen molar-refractivity contribution >= 4 is 23.2 Å². The fraction of sp³-hybridized carbons (Fsp3) is 0.417. The van der Waals surface area contributed by atoms with Gasteiger partial charge in [0, 0.05) is 12.2 Å². The van der Waals surface area contributed by atoms with Crippen molar-refractivity contribution in [3.05, 3.63) is 28.8 Å². The monoisotopic (exact) mass is 294 g/mol. The van der Waals surface area contributed by atoms with Crippen molar-refractivity contribution in [1.29, 1.82) is 0 Å². The topological polar surface area (TPSA) is 46.3 Å². The van der Waals surface area contributed by atoms with Crippen LogP contribution in [0.2, 0.25) is 5.02 Å². The Morgan fingerprint density at radius 3 is 2.53 bits per heavy atom. The summed E-state index contributed by atoms with van der Waals surface area (Å²) in [5, 5.41) is 0.0493. The molecule has 2 N–H and O–H groups in total. The molecule has 0 fully saturated rings. The second kappa shape index (κ2) is 6.14. The second-order valence-corrected chi connectivity index (χ2v) is 4.45. The summed E-state index contributed by atoms with van der Waals surface area (Å²) in [5.41, 5.74) is 5.60. The number of hydrogen-bond donors (Lipinski definition) is 1. The molecule has 0 saturated heterocycles. The Morgan fingerprint density at radius 1 is 1.42 bits per heavy atom. The molecule has 0 bridgehead atoms. The van der Waals surface area contributed by atoms with Gasteiger partial charge in [-0.15, -0.1) is 0 Å². The average Bonchev–Trinajstić information content (AvgIpc) is 2.26. The molecule has 1 aromatic rings. The Bertz CT molecular complexity index is 443. The molecular weight excluding hydrogens is 281 g/mol. The molecular formula is C12H14ClF3N2O. The molecule has 0 aromatic heterocycles. The van der Waals surface area contributed by atoms with E-state index in [-0.39, 0.29) is 22.8 Å². The number of benzene rings is 1. The van der Waals surface area contributed by atoms with Crippen LogP contribution in [0.25, 0.3) is 0 Å². The summed E-state index contributed by atoms with van der Waals surface area (Å²) >= 11 is 5.83. The van der Waals surface area contributed by atoms with Gasteiger partial charge >= 0.3 is 6.18 Å². The molecule has 1 amide bonds. The SMILES string of the molecule is CCCN(CC(F)(F)F)C(=O)c1c(N)cccc1Cl. The normalized spacial score (nSPS) is 11.4. The largest absolute Gasteiger partial charge is 0.406 e. The van der Waals surface area contributed by atoms with Crippen molar-refractivity contribution in [3.8, 4) is 0 Å². The van der Waals surface area contributed by atoms with Gasteiger partial charge in [0.1, 0.15) is 6.54 Å². The maximum atomic E-state index is 12.4. The van der Waals surface area contributed by atoms with Gasteiger partial charge in [0.05, 0.1) is 10.6 Å². The average molecular weight is 295 g/mol. The number of carbonyl (C=O) groups is 1. The van der Waals surface area contributed by atoms with Gasteiger partial charge in [0.15, 0.2) is 0 Å². The smallest absolute Gasteiger partial charge is 0.398 e. The number of anilines is 1. The number of rotatable bonds is 4. The highest BCUT2D eigenvalue weighted by Crippen LogP contribution is 2.25. The Kier molecular flexibility index (Phi) is 5.05. The van der Waals surface area contributed by atoms with Crippen LogP contribution in [-0.2, 0) is 0 Å². The minimum absolute atomic E-state index is 0.0109. The Balaban J connectivity index is 3.06. The summed E-state index contributed by atoms with van der Waals surface area (Å²) in [7, 11) is 0. The van der Waals surface area contributed by atoms with E-state index in [0.29, 0.717) is 11.3 Å². The van der Waals surface area contributed by atoms with Gasteiger partial charge in [0.2, 0.25) is 0 Å².